The van der Waals surface area contributed by atoms with Crippen LogP contribution in [-0.2, 0) is 15.8 Å². The molecule has 0 heterocycles. The van der Waals surface area contributed by atoms with Crippen molar-refractivity contribution in [3.05, 3.63) is 58.6 Å². The number of benzene rings is 2. The fraction of sp³-hybridized carbons (Fsp3) is 0.294. The van der Waals surface area contributed by atoms with Crippen molar-refractivity contribution in [2.24, 2.45) is 0 Å². The summed E-state index contributed by atoms with van der Waals surface area (Å²) in [6.07, 6.45) is -1.03. The number of hydrogen-bond donors (Lipinski definition) is 2. The number of sulfonamides is 1. The summed E-state index contributed by atoms with van der Waals surface area (Å²) in [6.45, 7) is -0.164. The molecule has 0 bridgehead atoms. The van der Waals surface area contributed by atoms with Crippen LogP contribution >= 0.6 is 11.6 Å². The lowest BCUT2D eigenvalue weighted by molar-refractivity contribution is 0.181. The zero-order chi connectivity index (χ0) is 18.4. The molecule has 0 aliphatic heterocycles. The average Bonchev–Trinajstić information content (AvgIpc) is 2.61. The van der Waals surface area contributed by atoms with E-state index in [1.165, 1.54) is 14.2 Å². The van der Waals surface area contributed by atoms with Gasteiger partial charge in [-0.1, -0.05) is 35.9 Å². The number of aliphatic hydroxyl groups excluding tert-OH is 1. The molecule has 0 aliphatic rings. The number of halogens is 1. The van der Waals surface area contributed by atoms with Gasteiger partial charge in [0.25, 0.3) is 0 Å². The molecule has 0 amide bonds. The van der Waals surface area contributed by atoms with Gasteiger partial charge in [0.15, 0.2) is 11.5 Å². The molecule has 2 rings (SSSR count). The van der Waals surface area contributed by atoms with Crippen LogP contribution in [-0.4, -0.2) is 34.3 Å². The minimum absolute atomic E-state index is 0.164. The first kappa shape index (κ1) is 19.5. The van der Waals surface area contributed by atoms with Gasteiger partial charge in [0.2, 0.25) is 10.0 Å². The van der Waals surface area contributed by atoms with Crippen molar-refractivity contribution >= 4 is 21.6 Å². The van der Waals surface area contributed by atoms with Crippen LogP contribution in [0.3, 0.4) is 0 Å². The summed E-state index contributed by atoms with van der Waals surface area (Å²) < 4.78 is 37.1. The minimum Gasteiger partial charge on any atom is -0.493 e. The minimum atomic E-state index is -3.64. The van der Waals surface area contributed by atoms with Gasteiger partial charge >= 0.3 is 0 Å². The van der Waals surface area contributed by atoms with Gasteiger partial charge < -0.3 is 14.6 Å². The molecule has 0 saturated heterocycles. The summed E-state index contributed by atoms with van der Waals surface area (Å²) >= 11 is 5.98. The van der Waals surface area contributed by atoms with Crippen molar-refractivity contribution in [3.8, 4) is 11.5 Å². The Labute approximate surface area is 152 Å². The normalized spacial score (nSPS) is 12.6. The topological polar surface area (TPSA) is 84.9 Å². The number of aliphatic hydroxyl groups is 1. The van der Waals surface area contributed by atoms with Gasteiger partial charge in [0.05, 0.1) is 26.1 Å². The molecule has 2 aromatic rings. The highest BCUT2D eigenvalue weighted by Crippen LogP contribution is 2.29. The van der Waals surface area contributed by atoms with Crippen molar-refractivity contribution in [2.75, 3.05) is 20.8 Å². The lowest BCUT2D eigenvalue weighted by atomic mass is 10.1. The van der Waals surface area contributed by atoms with Crippen LogP contribution < -0.4 is 14.2 Å². The first-order valence-corrected chi connectivity index (χ1v) is 9.50. The third-order valence-electron chi connectivity index (χ3n) is 3.59. The Bertz CT molecular complexity index is 826. The van der Waals surface area contributed by atoms with E-state index in [0.29, 0.717) is 27.6 Å². The Balaban J connectivity index is 2.03. The number of nitrogens with one attached hydrogen (secondary N) is 1. The Kier molecular flexibility index (Phi) is 6.66. The largest absolute Gasteiger partial charge is 0.493 e. The molecule has 0 spiro atoms. The van der Waals surface area contributed by atoms with Crippen LogP contribution in [0.25, 0.3) is 0 Å². The average molecular weight is 386 g/mol. The quantitative estimate of drug-likeness (QED) is 0.729. The standard InChI is InChI=1S/C17H20ClNO5S/c1-23-16-8-7-12(9-17(16)24-2)15(20)10-19-25(21,22)11-13-5-3-4-6-14(13)18/h3-9,15,19-20H,10-11H2,1-2H3. The Morgan fingerprint density at radius 3 is 2.44 bits per heavy atom. The molecule has 0 radical (unpaired) electrons. The molecular formula is C17H20ClNO5S. The van der Waals surface area contributed by atoms with Crippen LogP contribution in [0.2, 0.25) is 5.02 Å². The second kappa shape index (κ2) is 8.53. The summed E-state index contributed by atoms with van der Waals surface area (Å²) in [5.41, 5.74) is 1.01. The van der Waals surface area contributed by atoms with Crippen molar-refractivity contribution in [3.63, 3.8) is 0 Å². The molecule has 0 saturated carbocycles. The van der Waals surface area contributed by atoms with Gasteiger partial charge in [-0.15, -0.1) is 0 Å². The smallest absolute Gasteiger partial charge is 0.215 e. The van der Waals surface area contributed by atoms with E-state index in [0.717, 1.165) is 0 Å². The first-order chi connectivity index (χ1) is 11.9. The number of methoxy groups -OCH3 is 2. The second-order valence-corrected chi connectivity index (χ2v) is 7.54. The maximum atomic E-state index is 12.2. The number of hydrogen-bond acceptors (Lipinski definition) is 5. The molecule has 1 unspecified atom stereocenters. The molecule has 136 valence electrons. The van der Waals surface area contributed by atoms with Crippen LogP contribution in [0.15, 0.2) is 42.5 Å². The van der Waals surface area contributed by atoms with E-state index in [9.17, 15) is 13.5 Å². The monoisotopic (exact) mass is 385 g/mol. The maximum absolute atomic E-state index is 12.2. The van der Waals surface area contributed by atoms with Crippen molar-refractivity contribution in [2.45, 2.75) is 11.9 Å². The van der Waals surface area contributed by atoms with Gasteiger partial charge in [-0.2, -0.15) is 0 Å². The fourth-order valence-corrected chi connectivity index (χ4v) is 3.71. The predicted molar refractivity (Wildman–Crippen MR) is 96.6 cm³/mol. The summed E-state index contributed by atoms with van der Waals surface area (Å²) in [7, 11) is -0.642. The third kappa shape index (κ3) is 5.34. The fourth-order valence-electron chi connectivity index (χ4n) is 2.26. The van der Waals surface area contributed by atoms with Crippen molar-refractivity contribution in [1.82, 2.24) is 4.72 Å². The third-order valence-corrected chi connectivity index (χ3v) is 5.26. The molecule has 0 aliphatic carbocycles. The summed E-state index contributed by atoms with van der Waals surface area (Å²) in [4.78, 5) is 0. The highest BCUT2D eigenvalue weighted by Gasteiger charge is 2.17. The Morgan fingerprint density at radius 1 is 1.12 bits per heavy atom. The van der Waals surface area contributed by atoms with Crippen LogP contribution in [0, 0.1) is 0 Å². The number of rotatable bonds is 8. The van der Waals surface area contributed by atoms with E-state index < -0.39 is 16.1 Å². The Hall–Kier alpha value is -1.80. The summed E-state index contributed by atoms with van der Waals surface area (Å²) in [6, 6.07) is 11.6. The molecule has 6 nitrogen and oxygen atoms in total. The van der Waals surface area contributed by atoms with E-state index in [-0.39, 0.29) is 12.3 Å². The molecule has 25 heavy (non-hydrogen) atoms. The van der Waals surface area contributed by atoms with Gasteiger partial charge in [-0.3, -0.25) is 0 Å². The first-order valence-electron chi connectivity index (χ1n) is 7.47. The molecule has 8 heteroatoms. The molecule has 0 fully saturated rings. The zero-order valence-electron chi connectivity index (χ0n) is 13.9. The molecule has 2 N–H and O–H groups in total. The van der Waals surface area contributed by atoms with E-state index in [1.807, 2.05) is 0 Å². The van der Waals surface area contributed by atoms with E-state index in [2.05, 4.69) is 4.72 Å². The van der Waals surface area contributed by atoms with Gasteiger partial charge in [-0.05, 0) is 29.3 Å². The number of ether oxygens (including phenoxy) is 2. The predicted octanol–water partition coefficient (Wildman–Crippen LogP) is 2.51. The molecule has 0 aromatic heterocycles. The molecular weight excluding hydrogens is 366 g/mol. The SMILES string of the molecule is COc1ccc(C(O)CNS(=O)(=O)Cc2ccccc2Cl)cc1OC. The van der Waals surface area contributed by atoms with Gasteiger partial charge in [-0.25, -0.2) is 13.1 Å². The van der Waals surface area contributed by atoms with Gasteiger partial charge in [0.1, 0.15) is 0 Å². The lowest BCUT2D eigenvalue weighted by Gasteiger charge is -2.15. The lowest BCUT2D eigenvalue weighted by Crippen LogP contribution is -2.29. The van der Waals surface area contributed by atoms with Crippen LogP contribution in [0.4, 0.5) is 0 Å². The summed E-state index contributed by atoms with van der Waals surface area (Å²) in [5.74, 6) is 0.724. The zero-order valence-corrected chi connectivity index (χ0v) is 15.5. The van der Waals surface area contributed by atoms with E-state index in [4.69, 9.17) is 21.1 Å². The molecule has 2 aromatic carbocycles. The highest BCUT2D eigenvalue weighted by molar-refractivity contribution is 7.88. The van der Waals surface area contributed by atoms with E-state index >= 15 is 0 Å². The van der Waals surface area contributed by atoms with Crippen LogP contribution in [0.1, 0.15) is 17.2 Å². The highest BCUT2D eigenvalue weighted by atomic mass is 35.5. The Morgan fingerprint density at radius 2 is 1.80 bits per heavy atom. The maximum Gasteiger partial charge on any atom is 0.215 e. The molecule has 1 atom stereocenters. The van der Waals surface area contributed by atoms with Gasteiger partial charge in [0, 0.05) is 11.6 Å². The summed E-state index contributed by atoms with van der Waals surface area (Å²) in [5, 5.41) is 10.6. The van der Waals surface area contributed by atoms with E-state index in [1.54, 1.807) is 42.5 Å². The van der Waals surface area contributed by atoms with Crippen molar-refractivity contribution in [1.29, 1.82) is 0 Å². The van der Waals surface area contributed by atoms with Crippen LogP contribution in [0.5, 0.6) is 11.5 Å². The van der Waals surface area contributed by atoms with Crippen molar-refractivity contribution < 1.29 is 23.0 Å². The second-order valence-electron chi connectivity index (χ2n) is 5.33.